The second-order valence-electron chi connectivity index (χ2n) is 5.24. The van der Waals surface area contributed by atoms with Crippen molar-refractivity contribution in [3.8, 4) is 0 Å². The zero-order chi connectivity index (χ0) is 15.2. The maximum absolute atomic E-state index is 11.7. The van der Waals surface area contributed by atoms with Crippen LogP contribution in [0, 0.1) is 5.92 Å². The van der Waals surface area contributed by atoms with Crippen LogP contribution in [0.1, 0.15) is 71.1 Å². The van der Waals surface area contributed by atoms with Crippen molar-refractivity contribution < 1.29 is 19.1 Å². The van der Waals surface area contributed by atoms with Crippen molar-refractivity contribution in [3.63, 3.8) is 0 Å². The summed E-state index contributed by atoms with van der Waals surface area (Å²) in [5.41, 5.74) is 0. The lowest BCUT2D eigenvalue weighted by molar-refractivity contribution is -0.146. The molecule has 4 heteroatoms. The van der Waals surface area contributed by atoms with Crippen LogP contribution >= 0.6 is 0 Å². The van der Waals surface area contributed by atoms with Gasteiger partial charge in [-0.1, -0.05) is 45.4 Å². The molecule has 0 aromatic rings. The number of esters is 2. The van der Waals surface area contributed by atoms with Crippen molar-refractivity contribution in [2.75, 3.05) is 14.2 Å². The second-order valence-corrected chi connectivity index (χ2v) is 5.24. The molecule has 0 amide bonds. The average Bonchev–Trinajstić information content (AvgIpc) is 2.47. The molecule has 0 aliphatic rings. The fraction of sp³-hybridized carbons (Fsp3) is 0.875. The standard InChI is InChI=1S/C16H30O4/c1-4-5-6-8-11-14(16(18)20-3)12-9-7-10-13-15(17)19-2/h14H,4-13H2,1-3H3. The summed E-state index contributed by atoms with van der Waals surface area (Å²) >= 11 is 0. The molecule has 0 aromatic carbocycles. The van der Waals surface area contributed by atoms with Gasteiger partial charge in [0.05, 0.1) is 20.1 Å². The molecular formula is C16H30O4. The van der Waals surface area contributed by atoms with E-state index in [9.17, 15) is 9.59 Å². The zero-order valence-corrected chi connectivity index (χ0v) is 13.3. The Morgan fingerprint density at radius 1 is 0.850 bits per heavy atom. The first-order valence-corrected chi connectivity index (χ1v) is 7.80. The van der Waals surface area contributed by atoms with Crippen molar-refractivity contribution in [1.29, 1.82) is 0 Å². The molecule has 0 spiro atoms. The monoisotopic (exact) mass is 286 g/mol. The number of hydrogen-bond acceptors (Lipinski definition) is 4. The maximum Gasteiger partial charge on any atom is 0.308 e. The quantitative estimate of drug-likeness (QED) is 0.404. The van der Waals surface area contributed by atoms with Gasteiger partial charge in [0.15, 0.2) is 0 Å². The minimum atomic E-state index is -0.158. The first-order valence-electron chi connectivity index (χ1n) is 7.80. The number of carbonyl (C=O) groups is 2. The van der Waals surface area contributed by atoms with Crippen molar-refractivity contribution in [1.82, 2.24) is 0 Å². The first kappa shape index (κ1) is 18.9. The number of carbonyl (C=O) groups excluding carboxylic acids is 2. The molecule has 0 heterocycles. The minimum Gasteiger partial charge on any atom is -0.469 e. The highest BCUT2D eigenvalue weighted by molar-refractivity contribution is 5.72. The molecule has 1 atom stereocenters. The predicted octanol–water partition coefficient (Wildman–Crippen LogP) is 3.87. The average molecular weight is 286 g/mol. The van der Waals surface area contributed by atoms with E-state index < -0.39 is 0 Å². The van der Waals surface area contributed by atoms with Crippen LogP contribution in [0.3, 0.4) is 0 Å². The van der Waals surface area contributed by atoms with Crippen LogP contribution in [0.2, 0.25) is 0 Å². The van der Waals surface area contributed by atoms with E-state index in [4.69, 9.17) is 4.74 Å². The SMILES string of the molecule is CCCCCCC(CCCCCC(=O)OC)C(=O)OC. The van der Waals surface area contributed by atoms with E-state index >= 15 is 0 Å². The van der Waals surface area contributed by atoms with Gasteiger partial charge in [-0.05, 0) is 19.3 Å². The smallest absolute Gasteiger partial charge is 0.308 e. The fourth-order valence-electron chi connectivity index (χ4n) is 2.30. The van der Waals surface area contributed by atoms with Crippen LogP contribution in [0.15, 0.2) is 0 Å². The molecule has 118 valence electrons. The molecule has 0 rings (SSSR count). The normalized spacial score (nSPS) is 11.9. The van der Waals surface area contributed by atoms with Crippen molar-refractivity contribution in [2.45, 2.75) is 71.1 Å². The van der Waals surface area contributed by atoms with Crippen LogP contribution < -0.4 is 0 Å². The molecule has 1 unspecified atom stereocenters. The Hall–Kier alpha value is -1.06. The number of rotatable bonds is 12. The van der Waals surface area contributed by atoms with Gasteiger partial charge in [0.1, 0.15) is 0 Å². The van der Waals surface area contributed by atoms with Gasteiger partial charge in [0, 0.05) is 6.42 Å². The van der Waals surface area contributed by atoms with Crippen LogP contribution in [-0.2, 0) is 19.1 Å². The van der Waals surface area contributed by atoms with E-state index in [-0.39, 0.29) is 17.9 Å². The molecule has 20 heavy (non-hydrogen) atoms. The van der Waals surface area contributed by atoms with E-state index in [1.807, 2.05) is 0 Å². The highest BCUT2D eigenvalue weighted by Crippen LogP contribution is 2.19. The summed E-state index contributed by atoms with van der Waals surface area (Å²) in [6.07, 6.45) is 9.71. The third-order valence-corrected chi connectivity index (χ3v) is 3.60. The summed E-state index contributed by atoms with van der Waals surface area (Å²) in [4.78, 5) is 22.7. The van der Waals surface area contributed by atoms with Crippen LogP contribution in [0.4, 0.5) is 0 Å². The van der Waals surface area contributed by atoms with E-state index in [0.29, 0.717) is 6.42 Å². The molecule has 0 radical (unpaired) electrons. The Morgan fingerprint density at radius 3 is 1.95 bits per heavy atom. The molecule has 0 saturated heterocycles. The van der Waals surface area contributed by atoms with Crippen LogP contribution in [-0.4, -0.2) is 26.2 Å². The van der Waals surface area contributed by atoms with Gasteiger partial charge in [-0.25, -0.2) is 0 Å². The third kappa shape index (κ3) is 9.82. The third-order valence-electron chi connectivity index (χ3n) is 3.60. The highest BCUT2D eigenvalue weighted by atomic mass is 16.5. The molecule has 0 aliphatic heterocycles. The Balaban J connectivity index is 3.81. The summed E-state index contributed by atoms with van der Waals surface area (Å²) in [5.74, 6) is -0.224. The molecular weight excluding hydrogens is 256 g/mol. The number of ether oxygens (including phenoxy) is 2. The maximum atomic E-state index is 11.7. The summed E-state index contributed by atoms with van der Waals surface area (Å²) in [6.45, 7) is 2.18. The van der Waals surface area contributed by atoms with E-state index in [1.165, 1.54) is 33.5 Å². The molecule has 0 N–H and O–H groups in total. The van der Waals surface area contributed by atoms with Gasteiger partial charge in [0.25, 0.3) is 0 Å². The van der Waals surface area contributed by atoms with Gasteiger partial charge >= 0.3 is 11.9 Å². The molecule has 0 aliphatic carbocycles. The minimum absolute atomic E-state index is 0.0231. The predicted molar refractivity (Wildman–Crippen MR) is 79.4 cm³/mol. The lowest BCUT2D eigenvalue weighted by atomic mass is 9.94. The van der Waals surface area contributed by atoms with E-state index in [0.717, 1.165) is 38.5 Å². The Labute approximate surface area is 123 Å². The molecule has 0 bridgehead atoms. The molecule has 0 saturated carbocycles. The Kier molecular flexibility index (Phi) is 12.3. The molecule has 4 nitrogen and oxygen atoms in total. The van der Waals surface area contributed by atoms with Gasteiger partial charge in [-0.3, -0.25) is 9.59 Å². The number of methoxy groups -OCH3 is 2. The first-order chi connectivity index (χ1) is 9.65. The van der Waals surface area contributed by atoms with Gasteiger partial charge in [-0.2, -0.15) is 0 Å². The Bertz CT molecular complexity index is 263. The molecule has 0 fully saturated rings. The second kappa shape index (κ2) is 12.9. The highest BCUT2D eigenvalue weighted by Gasteiger charge is 2.18. The zero-order valence-electron chi connectivity index (χ0n) is 13.3. The Morgan fingerprint density at radius 2 is 1.45 bits per heavy atom. The number of hydrogen-bond donors (Lipinski definition) is 0. The fourth-order valence-corrected chi connectivity index (χ4v) is 2.30. The van der Waals surface area contributed by atoms with Gasteiger partial charge < -0.3 is 9.47 Å². The van der Waals surface area contributed by atoms with Gasteiger partial charge in [0.2, 0.25) is 0 Å². The molecule has 0 aromatic heterocycles. The van der Waals surface area contributed by atoms with E-state index in [1.54, 1.807) is 0 Å². The largest absolute Gasteiger partial charge is 0.469 e. The summed E-state index contributed by atoms with van der Waals surface area (Å²) < 4.78 is 9.47. The summed E-state index contributed by atoms with van der Waals surface area (Å²) in [6, 6.07) is 0. The number of unbranched alkanes of at least 4 members (excludes halogenated alkanes) is 5. The van der Waals surface area contributed by atoms with Crippen molar-refractivity contribution in [3.05, 3.63) is 0 Å². The van der Waals surface area contributed by atoms with Gasteiger partial charge in [-0.15, -0.1) is 0 Å². The van der Waals surface area contributed by atoms with Crippen molar-refractivity contribution >= 4 is 11.9 Å². The van der Waals surface area contributed by atoms with Crippen LogP contribution in [0.25, 0.3) is 0 Å². The van der Waals surface area contributed by atoms with E-state index in [2.05, 4.69) is 11.7 Å². The lowest BCUT2D eigenvalue weighted by Crippen LogP contribution is -2.16. The lowest BCUT2D eigenvalue weighted by Gasteiger charge is -2.14. The van der Waals surface area contributed by atoms with Crippen LogP contribution in [0.5, 0.6) is 0 Å². The summed E-state index contributed by atoms with van der Waals surface area (Å²) in [7, 11) is 2.87. The van der Waals surface area contributed by atoms with Crippen molar-refractivity contribution in [2.24, 2.45) is 5.92 Å². The topological polar surface area (TPSA) is 52.6 Å². The summed E-state index contributed by atoms with van der Waals surface area (Å²) in [5, 5.41) is 0.